The molecule has 3 nitrogen and oxygen atoms in total. The monoisotopic (exact) mass is 295 g/mol. The van der Waals surface area contributed by atoms with Crippen molar-refractivity contribution in [3.05, 3.63) is 22.8 Å². The first-order valence-electron chi connectivity index (χ1n) is 7.67. The van der Waals surface area contributed by atoms with Gasteiger partial charge in [0.1, 0.15) is 5.82 Å². The maximum atomic E-state index is 6.25. The van der Waals surface area contributed by atoms with E-state index in [9.17, 15) is 0 Å². The third-order valence-corrected chi connectivity index (χ3v) is 4.20. The molecule has 112 valence electrons. The molecular weight excluding hydrogens is 270 g/mol. The molecule has 1 aliphatic heterocycles. The van der Waals surface area contributed by atoms with E-state index in [-0.39, 0.29) is 0 Å². The molecule has 0 unspecified atom stereocenters. The molecule has 0 radical (unpaired) electrons. The Labute approximate surface area is 127 Å². The van der Waals surface area contributed by atoms with Crippen LogP contribution in [0.2, 0.25) is 5.02 Å². The molecule has 0 spiro atoms. The zero-order valence-corrected chi connectivity index (χ0v) is 13.6. The molecular formula is C16H26ClN3. The van der Waals surface area contributed by atoms with Crippen LogP contribution in [0, 0.1) is 11.8 Å². The summed E-state index contributed by atoms with van der Waals surface area (Å²) in [4.78, 5) is 7.13. The van der Waals surface area contributed by atoms with E-state index in [1.54, 1.807) is 0 Å². The summed E-state index contributed by atoms with van der Waals surface area (Å²) in [6.07, 6.45) is 2.51. The number of hydrogen-bond acceptors (Lipinski definition) is 3. The van der Waals surface area contributed by atoms with Gasteiger partial charge in [-0.1, -0.05) is 32.4 Å². The van der Waals surface area contributed by atoms with Crippen LogP contribution in [0.5, 0.6) is 0 Å². The second kappa shape index (κ2) is 7.28. The SMILES string of the molecule is CC(C)CNCc1nc(N2CCC(C)CC2)ccc1Cl. The van der Waals surface area contributed by atoms with E-state index in [0.29, 0.717) is 5.92 Å². The van der Waals surface area contributed by atoms with E-state index in [2.05, 4.69) is 31.0 Å². The molecule has 1 aromatic rings. The highest BCUT2D eigenvalue weighted by Gasteiger charge is 2.17. The minimum atomic E-state index is 0.639. The number of pyridine rings is 1. The van der Waals surface area contributed by atoms with Crippen molar-refractivity contribution in [2.45, 2.75) is 40.2 Å². The molecule has 2 rings (SSSR count). The van der Waals surface area contributed by atoms with E-state index in [1.807, 2.05) is 12.1 Å². The molecule has 20 heavy (non-hydrogen) atoms. The molecule has 1 N–H and O–H groups in total. The summed E-state index contributed by atoms with van der Waals surface area (Å²) in [5, 5.41) is 4.17. The van der Waals surface area contributed by atoms with Gasteiger partial charge in [-0.25, -0.2) is 4.98 Å². The molecule has 0 saturated carbocycles. The highest BCUT2D eigenvalue weighted by molar-refractivity contribution is 6.31. The van der Waals surface area contributed by atoms with E-state index in [0.717, 1.165) is 48.6 Å². The molecule has 0 aromatic carbocycles. The zero-order chi connectivity index (χ0) is 14.5. The van der Waals surface area contributed by atoms with Gasteiger partial charge in [-0.15, -0.1) is 0 Å². The smallest absolute Gasteiger partial charge is 0.128 e. The van der Waals surface area contributed by atoms with Crippen LogP contribution in [0.15, 0.2) is 12.1 Å². The summed E-state index contributed by atoms with van der Waals surface area (Å²) in [5.41, 5.74) is 0.962. The average molecular weight is 296 g/mol. The van der Waals surface area contributed by atoms with Crippen molar-refractivity contribution in [3.63, 3.8) is 0 Å². The first kappa shape index (κ1) is 15.6. The third-order valence-electron chi connectivity index (χ3n) is 3.86. The maximum absolute atomic E-state index is 6.25. The van der Waals surface area contributed by atoms with Crippen molar-refractivity contribution < 1.29 is 0 Å². The van der Waals surface area contributed by atoms with E-state index < -0.39 is 0 Å². The number of aromatic nitrogens is 1. The van der Waals surface area contributed by atoms with Crippen LogP contribution >= 0.6 is 11.6 Å². The lowest BCUT2D eigenvalue weighted by Crippen LogP contribution is -2.33. The van der Waals surface area contributed by atoms with Gasteiger partial charge < -0.3 is 10.2 Å². The average Bonchev–Trinajstić information content (AvgIpc) is 2.41. The van der Waals surface area contributed by atoms with Crippen LogP contribution in [0.1, 0.15) is 39.3 Å². The van der Waals surface area contributed by atoms with Crippen molar-refractivity contribution in [1.29, 1.82) is 0 Å². The molecule has 0 aliphatic carbocycles. The predicted molar refractivity (Wildman–Crippen MR) is 86.4 cm³/mol. The van der Waals surface area contributed by atoms with Crippen LogP contribution in [-0.4, -0.2) is 24.6 Å². The summed E-state index contributed by atoms with van der Waals surface area (Å²) in [6, 6.07) is 4.03. The van der Waals surface area contributed by atoms with Gasteiger partial charge >= 0.3 is 0 Å². The minimum absolute atomic E-state index is 0.639. The summed E-state index contributed by atoms with van der Waals surface area (Å²) in [6.45, 7) is 10.7. The lowest BCUT2D eigenvalue weighted by molar-refractivity contribution is 0.436. The molecule has 1 saturated heterocycles. The normalized spacial score (nSPS) is 16.9. The van der Waals surface area contributed by atoms with Gasteiger partial charge in [-0.3, -0.25) is 0 Å². The highest BCUT2D eigenvalue weighted by Crippen LogP contribution is 2.24. The Morgan fingerprint density at radius 3 is 2.70 bits per heavy atom. The second-order valence-electron chi connectivity index (χ2n) is 6.29. The van der Waals surface area contributed by atoms with Crippen molar-refractivity contribution in [3.8, 4) is 0 Å². The summed E-state index contributed by atoms with van der Waals surface area (Å²) in [5.74, 6) is 2.55. The Morgan fingerprint density at radius 1 is 1.35 bits per heavy atom. The van der Waals surface area contributed by atoms with Crippen LogP contribution in [0.25, 0.3) is 0 Å². The number of anilines is 1. The predicted octanol–water partition coefficient (Wildman–Crippen LogP) is 3.72. The van der Waals surface area contributed by atoms with Crippen LogP contribution in [0.4, 0.5) is 5.82 Å². The third kappa shape index (κ3) is 4.35. The van der Waals surface area contributed by atoms with Gasteiger partial charge in [0.05, 0.1) is 10.7 Å². The molecule has 1 aromatic heterocycles. The number of rotatable bonds is 5. The Hall–Kier alpha value is -0.800. The van der Waals surface area contributed by atoms with E-state index in [4.69, 9.17) is 16.6 Å². The van der Waals surface area contributed by atoms with Crippen LogP contribution < -0.4 is 10.2 Å². The number of hydrogen-bond donors (Lipinski definition) is 1. The van der Waals surface area contributed by atoms with Crippen LogP contribution in [0.3, 0.4) is 0 Å². The minimum Gasteiger partial charge on any atom is -0.357 e. The molecule has 0 bridgehead atoms. The van der Waals surface area contributed by atoms with E-state index >= 15 is 0 Å². The summed E-state index contributed by atoms with van der Waals surface area (Å²) in [7, 11) is 0. The summed E-state index contributed by atoms with van der Waals surface area (Å²) >= 11 is 6.25. The zero-order valence-electron chi connectivity index (χ0n) is 12.8. The largest absolute Gasteiger partial charge is 0.357 e. The lowest BCUT2D eigenvalue weighted by atomic mass is 9.99. The summed E-state index contributed by atoms with van der Waals surface area (Å²) < 4.78 is 0. The van der Waals surface area contributed by atoms with Gasteiger partial charge in [0.15, 0.2) is 0 Å². The number of piperidine rings is 1. The quantitative estimate of drug-likeness (QED) is 0.897. The van der Waals surface area contributed by atoms with Gasteiger partial charge in [0.2, 0.25) is 0 Å². The molecule has 1 aliphatic rings. The van der Waals surface area contributed by atoms with Gasteiger partial charge in [0.25, 0.3) is 0 Å². The fourth-order valence-corrected chi connectivity index (χ4v) is 2.66. The first-order chi connectivity index (χ1) is 9.56. The number of nitrogens with one attached hydrogen (secondary N) is 1. The standard InChI is InChI=1S/C16H26ClN3/c1-12(2)10-18-11-15-14(17)4-5-16(19-15)20-8-6-13(3)7-9-20/h4-5,12-13,18H,6-11H2,1-3H3. The lowest BCUT2D eigenvalue weighted by Gasteiger charge is -2.31. The highest BCUT2D eigenvalue weighted by atomic mass is 35.5. The first-order valence-corrected chi connectivity index (χ1v) is 8.05. The Morgan fingerprint density at radius 2 is 2.05 bits per heavy atom. The topological polar surface area (TPSA) is 28.2 Å². The van der Waals surface area contributed by atoms with Gasteiger partial charge in [-0.2, -0.15) is 0 Å². The van der Waals surface area contributed by atoms with Gasteiger partial charge in [-0.05, 0) is 43.4 Å². The van der Waals surface area contributed by atoms with Crippen LogP contribution in [-0.2, 0) is 6.54 Å². The van der Waals surface area contributed by atoms with Crippen molar-refractivity contribution >= 4 is 17.4 Å². The maximum Gasteiger partial charge on any atom is 0.128 e. The van der Waals surface area contributed by atoms with Crippen molar-refractivity contribution in [2.75, 3.05) is 24.5 Å². The molecule has 0 amide bonds. The number of halogens is 1. The van der Waals surface area contributed by atoms with E-state index in [1.165, 1.54) is 12.8 Å². The molecule has 2 heterocycles. The fourth-order valence-electron chi connectivity index (χ4n) is 2.49. The molecule has 1 fully saturated rings. The molecule has 4 heteroatoms. The van der Waals surface area contributed by atoms with Crippen molar-refractivity contribution in [2.24, 2.45) is 11.8 Å². The second-order valence-corrected chi connectivity index (χ2v) is 6.70. The Bertz CT molecular complexity index is 426. The Balaban J connectivity index is 2.00. The van der Waals surface area contributed by atoms with Crippen molar-refractivity contribution in [1.82, 2.24) is 10.3 Å². The Kier molecular flexibility index (Phi) is 5.67. The number of nitrogens with zero attached hydrogens (tertiary/aromatic N) is 2. The van der Waals surface area contributed by atoms with Gasteiger partial charge in [0, 0.05) is 19.6 Å². The molecule has 0 atom stereocenters. The fraction of sp³-hybridized carbons (Fsp3) is 0.688.